The Hall–Kier alpha value is -1.81. The first-order chi connectivity index (χ1) is 10.7. The van der Waals surface area contributed by atoms with Crippen LogP contribution >= 0.6 is 11.8 Å². The minimum absolute atomic E-state index is 0.0954. The van der Waals surface area contributed by atoms with Crippen molar-refractivity contribution in [1.29, 1.82) is 0 Å². The van der Waals surface area contributed by atoms with Crippen LogP contribution in [0.25, 0.3) is 0 Å². The van der Waals surface area contributed by atoms with Crippen LogP contribution in [0.3, 0.4) is 0 Å². The quantitative estimate of drug-likeness (QED) is 0.840. The molecule has 2 aliphatic rings. The van der Waals surface area contributed by atoms with Crippen molar-refractivity contribution < 1.29 is 0 Å². The van der Waals surface area contributed by atoms with Crippen LogP contribution in [0.5, 0.6) is 0 Å². The molecule has 1 aromatic heterocycles. The molecule has 1 fully saturated rings. The first-order valence-electron chi connectivity index (χ1n) is 7.71. The van der Waals surface area contributed by atoms with Crippen LogP contribution in [0.1, 0.15) is 35.8 Å². The summed E-state index contributed by atoms with van der Waals surface area (Å²) >= 11 is 1.89. The van der Waals surface area contributed by atoms with Gasteiger partial charge in [-0.05, 0) is 24.6 Å². The van der Waals surface area contributed by atoms with Gasteiger partial charge < -0.3 is 4.90 Å². The number of hydrogen-bond acceptors (Lipinski definition) is 4. The maximum atomic E-state index is 5.00. The summed E-state index contributed by atoms with van der Waals surface area (Å²) in [6, 6.07) is 15.3. The molecule has 112 valence electrons. The maximum absolute atomic E-state index is 5.00. The number of rotatable bonds is 2. The highest BCUT2D eigenvalue weighted by Gasteiger charge is 2.43. The van der Waals surface area contributed by atoms with E-state index in [0.29, 0.717) is 5.25 Å². The van der Waals surface area contributed by atoms with E-state index in [4.69, 9.17) is 4.99 Å². The van der Waals surface area contributed by atoms with Gasteiger partial charge in [0, 0.05) is 18.0 Å². The third kappa shape index (κ3) is 2.31. The Morgan fingerprint density at radius 2 is 2.09 bits per heavy atom. The molecule has 1 saturated heterocycles. The van der Waals surface area contributed by atoms with Crippen molar-refractivity contribution in [2.45, 2.75) is 31.2 Å². The number of amidine groups is 1. The summed E-state index contributed by atoms with van der Waals surface area (Å²) in [7, 11) is 0. The number of benzene rings is 1. The summed E-state index contributed by atoms with van der Waals surface area (Å²) in [6.07, 6.45) is 1.86. The van der Waals surface area contributed by atoms with Crippen LogP contribution in [0.15, 0.2) is 53.7 Å². The van der Waals surface area contributed by atoms with Crippen LogP contribution in [-0.2, 0) is 0 Å². The molecule has 2 aromatic rings. The van der Waals surface area contributed by atoms with E-state index in [0.717, 1.165) is 12.2 Å². The van der Waals surface area contributed by atoms with Gasteiger partial charge in [-0.15, -0.1) is 0 Å². The maximum Gasteiger partial charge on any atom is 0.160 e. The van der Waals surface area contributed by atoms with E-state index in [1.807, 2.05) is 24.0 Å². The number of aromatic nitrogens is 1. The lowest BCUT2D eigenvalue weighted by atomic mass is 9.95. The van der Waals surface area contributed by atoms with E-state index in [1.54, 1.807) is 0 Å². The molecule has 0 unspecified atom stereocenters. The molecule has 0 aliphatic carbocycles. The third-order valence-electron chi connectivity index (χ3n) is 4.26. The molecule has 4 heteroatoms. The molecular weight excluding hydrogens is 290 g/mol. The third-order valence-corrected chi connectivity index (χ3v) is 5.37. The molecule has 0 spiro atoms. The molecule has 3 atom stereocenters. The zero-order valence-corrected chi connectivity index (χ0v) is 13.6. The SMILES string of the molecule is Cc1cccc([C@@H]2[C@H](c3ccccn3)N=C3S[C@H](C)CN32)c1. The summed E-state index contributed by atoms with van der Waals surface area (Å²) in [4.78, 5) is 12.0. The molecule has 0 amide bonds. The molecule has 2 aliphatic heterocycles. The van der Waals surface area contributed by atoms with Gasteiger partial charge >= 0.3 is 0 Å². The summed E-state index contributed by atoms with van der Waals surface area (Å²) in [6.45, 7) is 5.48. The Morgan fingerprint density at radius 3 is 2.86 bits per heavy atom. The van der Waals surface area contributed by atoms with E-state index >= 15 is 0 Å². The molecule has 0 bridgehead atoms. The number of hydrogen-bond donors (Lipinski definition) is 0. The Balaban J connectivity index is 1.78. The number of thioether (sulfide) groups is 1. The summed E-state index contributed by atoms with van der Waals surface area (Å²) in [5.41, 5.74) is 3.69. The Morgan fingerprint density at radius 1 is 1.18 bits per heavy atom. The number of fused-ring (bicyclic) bond motifs is 1. The average Bonchev–Trinajstić information content (AvgIpc) is 3.04. The summed E-state index contributed by atoms with van der Waals surface area (Å²) in [5.74, 6) is 0. The summed E-state index contributed by atoms with van der Waals surface area (Å²) < 4.78 is 0. The van der Waals surface area contributed by atoms with E-state index in [2.05, 4.69) is 60.1 Å². The predicted octanol–water partition coefficient (Wildman–Crippen LogP) is 3.98. The first-order valence-corrected chi connectivity index (χ1v) is 8.59. The second-order valence-electron chi connectivity index (χ2n) is 6.05. The van der Waals surface area contributed by atoms with E-state index in [-0.39, 0.29) is 12.1 Å². The van der Waals surface area contributed by atoms with Gasteiger partial charge in [-0.2, -0.15) is 0 Å². The van der Waals surface area contributed by atoms with Gasteiger partial charge in [-0.3, -0.25) is 9.98 Å². The Kier molecular flexibility index (Phi) is 3.41. The summed E-state index contributed by atoms with van der Waals surface area (Å²) in [5, 5.41) is 1.78. The minimum Gasteiger partial charge on any atom is -0.341 e. The zero-order valence-electron chi connectivity index (χ0n) is 12.8. The van der Waals surface area contributed by atoms with E-state index in [1.165, 1.54) is 16.3 Å². The van der Waals surface area contributed by atoms with Gasteiger partial charge in [0.1, 0.15) is 6.04 Å². The molecule has 0 radical (unpaired) electrons. The highest BCUT2D eigenvalue weighted by Crippen LogP contribution is 2.47. The average molecular weight is 309 g/mol. The number of aliphatic imine (C=N–C) groups is 1. The highest BCUT2D eigenvalue weighted by atomic mass is 32.2. The van der Waals surface area contributed by atoms with Gasteiger partial charge in [-0.25, -0.2) is 0 Å². The fourth-order valence-corrected chi connectivity index (χ4v) is 4.43. The van der Waals surface area contributed by atoms with Crippen LogP contribution in [0, 0.1) is 6.92 Å². The van der Waals surface area contributed by atoms with Crippen molar-refractivity contribution in [3.8, 4) is 0 Å². The van der Waals surface area contributed by atoms with E-state index in [9.17, 15) is 0 Å². The number of aryl methyl sites for hydroxylation is 1. The van der Waals surface area contributed by atoms with Gasteiger partial charge in [0.15, 0.2) is 5.17 Å². The van der Waals surface area contributed by atoms with Crippen LogP contribution < -0.4 is 0 Å². The molecule has 0 saturated carbocycles. The van der Waals surface area contributed by atoms with Crippen LogP contribution in [-0.4, -0.2) is 26.8 Å². The van der Waals surface area contributed by atoms with Crippen molar-refractivity contribution in [3.63, 3.8) is 0 Å². The Labute approximate surface area is 135 Å². The monoisotopic (exact) mass is 309 g/mol. The largest absolute Gasteiger partial charge is 0.341 e. The van der Waals surface area contributed by atoms with Gasteiger partial charge in [0.05, 0.1) is 11.7 Å². The fraction of sp³-hybridized carbons (Fsp3) is 0.333. The zero-order chi connectivity index (χ0) is 15.1. The van der Waals surface area contributed by atoms with Gasteiger partial charge in [0.25, 0.3) is 0 Å². The predicted molar refractivity (Wildman–Crippen MR) is 92.1 cm³/mol. The lowest BCUT2D eigenvalue weighted by molar-refractivity contribution is 0.321. The van der Waals surface area contributed by atoms with E-state index < -0.39 is 0 Å². The second-order valence-corrected chi connectivity index (χ2v) is 7.46. The topological polar surface area (TPSA) is 28.5 Å². The smallest absolute Gasteiger partial charge is 0.160 e. The van der Waals surface area contributed by atoms with Gasteiger partial charge in [0.2, 0.25) is 0 Å². The Bertz CT molecular complexity index is 713. The molecule has 1 aromatic carbocycles. The standard InChI is InChI=1S/C18H19N3S/c1-12-6-5-7-14(10-12)17-16(15-8-3-4-9-19-15)20-18-21(17)11-13(2)22-18/h3-10,13,16-17H,11H2,1-2H3/t13-,16+,17-/m1/s1. The normalized spacial score (nSPS) is 26.9. The molecule has 22 heavy (non-hydrogen) atoms. The molecule has 3 nitrogen and oxygen atoms in total. The van der Waals surface area contributed by atoms with Crippen LogP contribution in [0.4, 0.5) is 0 Å². The molecular formula is C18H19N3S. The van der Waals surface area contributed by atoms with Crippen molar-refractivity contribution in [2.24, 2.45) is 4.99 Å². The van der Waals surface area contributed by atoms with Crippen molar-refractivity contribution in [3.05, 3.63) is 65.5 Å². The highest BCUT2D eigenvalue weighted by molar-refractivity contribution is 8.14. The minimum atomic E-state index is 0.0954. The molecule has 4 rings (SSSR count). The van der Waals surface area contributed by atoms with Gasteiger partial charge in [-0.1, -0.05) is 54.6 Å². The lowest BCUT2D eigenvalue weighted by Gasteiger charge is -2.27. The lowest BCUT2D eigenvalue weighted by Crippen LogP contribution is -2.28. The van der Waals surface area contributed by atoms with Crippen molar-refractivity contribution in [2.75, 3.05) is 6.54 Å². The number of nitrogens with zero attached hydrogens (tertiary/aromatic N) is 3. The van der Waals surface area contributed by atoms with Crippen molar-refractivity contribution in [1.82, 2.24) is 9.88 Å². The molecule has 0 N–H and O–H groups in total. The fourth-order valence-electron chi connectivity index (χ4n) is 3.33. The second kappa shape index (κ2) is 5.43. The number of pyridine rings is 1. The van der Waals surface area contributed by atoms with Crippen molar-refractivity contribution >= 4 is 16.9 Å². The molecule has 3 heterocycles. The first kappa shape index (κ1) is 13.8. The van der Waals surface area contributed by atoms with Crippen LogP contribution in [0.2, 0.25) is 0 Å².